The normalized spacial score (nSPS) is 16.7. The molecule has 1 aromatic carbocycles. The van der Waals surface area contributed by atoms with Gasteiger partial charge in [0.15, 0.2) is 0 Å². The van der Waals surface area contributed by atoms with Crippen molar-refractivity contribution in [3.8, 4) is 0 Å². The van der Waals surface area contributed by atoms with Gasteiger partial charge in [-0.25, -0.2) is 13.2 Å². The monoisotopic (exact) mass is 357 g/mol. The van der Waals surface area contributed by atoms with Gasteiger partial charge in [0.2, 0.25) is 8.87 Å². The van der Waals surface area contributed by atoms with E-state index in [1.54, 1.807) is 45.0 Å². The van der Waals surface area contributed by atoms with Crippen LogP contribution in [-0.4, -0.2) is 31.4 Å². The Morgan fingerprint density at radius 1 is 1.26 bits per heavy atom. The van der Waals surface area contributed by atoms with Crippen molar-refractivity contribution in [2.75, 3.05) is 5.75 Å². The molecular formula is C16H23NO4S2. The molecule has 0 unspecified atom stereocenters. The van der Waals surface area contributed by atoms with E-state index in [2.05, 4.69) is 5.32 Å². The largest absolute Gasteiger partial charge is 0.444 e. The van der Waals surface area contributed by atoms with E-state index in [9.17, 15) is 13.2 Å². The van der Waals surface area contributed by atoms with Crippen LogP contribution in [0.5, 0.6) is 0 Å². The molecule has 1 amide bonds. The molecule has 0 atom stereocenters. The van der Waals surface area contributed by atoms with Crippen LogP contribution in [0.2, 0.25) is 0 Å². The highest BCUT2D eigenvalue weighted by molar-refractivity contribution is 8.72. The molecule has 5 nitrogen and oxygen atoms in total. The minimum absolute atomic E-state index is 0.293. The van der Waals surface area contributed by atoms with Crippen LogP contribution in [0.1, 0.15) is 39.2 Å². The number of ether oxygens (including phenoxy) is 1. The fourth-order valence-electron chi connectivity index (χ4n) is 1.94. The highest BCUT2D eigenvalue weighted by Gasteiger charge is 2.46. The molecule has 2 rings (SSSR count). The van der Waals surface area contributed by atoms with Gasteiger partial charge in [0, 0.05) is 5.75 Å². The second kappa shape index (κ2) is 6.36. The van der Waals surface area contributed by atoms with Crippen molar-refractivity contribution in [2.24, 2.45) is 0 Å². The number of hydrogen-bond acceptors (Lipinski definition) is 5. The first-order valence-electron chi connectivity index (χ1n) is 7.49. The molecule has 0 heterocycles. The first-order valence-corrected chi connectivity index (χ1v) is 10.5. The van der Waals surface area contributed by atoms with Gasteiger partial charge in [-0.3, -0.25) is 0 Å². The van der Waals surface area contributed by atoms with Crippen molar-refractivity contribution in [2.45, 2.75) is 56.6 Å². The third-order valence-electron chi connectivity index (χ3n) is 3.42. The number of amides is 1. The number of benzene rings is 1. The van der Waals surface area contributed by atoms with Gasteiger partial charge in [0.05, 0.1) is 10.4 Å². The Labute approximate surface area is 141 Å². The zero-order valence-electron chi connectivity index (χ0n) is 13.9. The maximum Gasteiger partial charge on any atom is 0.408 e. The SMILES string of the molecule is Cc1ccc(S(=O)(=O)SCC2(NC(=O)OC(C)(C)C)CC2)cc1. The smallest absolute Gasteiger partial charge is 0.408 e. The van der Waals surface area contributed by atoms with Crippen LogP contribution in [0.25, 0.3) is 0 Å². The van der Waals surface area contributed by atoms with E-state index in [1.807, 2.05) is 6.92 Å². The van der Waals surface area contributed by atoms with Crippen LogP contribution in [0.3, 0.4) is 0 Å². The highest BCUT2D eigenvalue weighted by atomic mass is 33.1. The maximum absolute atomic E-state index is 12.4. The molecule has 0 saturated heterocycles. The summed E-state index contributed by atoms with van der Waals surface area (Å²) in [5, 5.41) is 2.81. The summed E-state index contributed by atoms with van der Waals surface area (Å²) >= 11 is 0. The molecule has 0 radical (unpaired) electrons. The van der Waals surface area contributed by atoms with Gasteiger partial charge in [-0.05, 0) is 63.5 Å². The summed E-state index contributed by atoms with van der Waals surface area (Å²) in [6.45, 7) is 7.29. The fourth-order valence-corrected chi connectivity index (χ4v) is 5.17. The standard InChI is InChI=1S/C16H23NO4S2/c1-12-5-7-13(8-6-12)23(19,20)22-11-16(9-10-16)17-14(18)21-15(2,3)4/h5-8H,9-11H2,1-4H3,(H,17,18). The molecule has 0 bridgehead atoms. The third-order valence-corrected chi connectivity index (χ3v) is 7.11. The Kier molecular flexibility index (Phi) is 5.01. The van der Waals surface area contributed by atoms with Crippen molar-refractivity contribution in [1.82, 2.24) is 5.32 Å². The summed E-state index contributed by atoms with van der Waals surface area (Å²) < 4.78 is 29.9. The van der Waals surface area contributed by atoms with E-state index in [0.717, 1.165) is 29.2 Å². The number of nitrogens with one attached hydrogen (secondary N) is 1. The molecule has 23 heavy (non-hydrogen) atoms. The number of carbonyl (C=O) groups excluding carboxylic acids is 1. The van der Waals surface area contributed by atoms with Crippen molar-refractivity contribution in [1.29, 1.82) is 0 Å². The second-order valence-electron chi connectivity index (χ2n) is 6.94. The van der Waals surface area contributed by atoms with Gasteiger partial charge < -0.3 is 10.1 Å². The molecule has 1 saturated carbocycles. The lowest BCUT2D eigenvalue weighted by molar-refractivity contribution is 0.0503. The molecule has 1 aliphatic rings. The molecule has 7 heteroatoms. The lowest BCUT2D eigenvalue weighted by Gasteiger charge is -2.23. The van der Waals surface area contributed by atoms with E-state index in [1.165, 1.54) is 0 Å². The van der Waals surface area contributed by atoms with E-state index < -0.39 is 26.1 Å². The van der Waals surface area contributed by atoms with Crippen LogP contribution in [0, 0.1) is 6.92 Å². The van der Waals surface area contributed by atoms with Crippen LogP contribution in [0.4, 0.5) is 4.79 Å². The molecule has 1 N–H and O–H groups in total. The molecule has 1 fully saturated rings. The molecule has 0 aliphatic heterocycles. The first kappa shape index (κ1) is 18.1. The van der Waals surface area contributed by atoms with Crippen molar-refractivity contribution >= 4 is 25.8 Å². The van der Waals surface area contributed by atoms with Crippen molar-refractivity contribution in [3.63, 3.8) is 0 Å². The Morgan fingerprint density at radius 2 is 1.83 bits per heavy atom. The minimum Gasteiger partial charge on any atom is -0.444 e. The lowest BCUT2D eigenvalue weighted by atomic mass is 10.2. The molecule has 0 spiro atoms. The van der Waals surface area contributed by atoms with Gasteiger partial charge in [-0.1, -0.05) is 17.7 Å². The van der Waals surface area contributed by atoms with Crippen LogP contribution >= 0.6 is 10.8 Å². The fraction of sp³-hybridized carbons (Fsp3) is 0.562. The molecule has 0 aromatic heterocycles. The first-order chi connectivity index (χ1) is 10.5. The average Bonchev–Trinajstić information content (AvgIpc) is 3.15. The van der Waals surface area contributed by atoms with Crippen LogP contribution in [-0.2, 0) is 13.6 Å². The zero-order valence-corrected chi connectivity index (χ0v) is 15.5. The molecule has 128 valence electrons. The van der Waals surface area contributed by atoms with Crippen LogP contribution < -0.4 is 5.32 Å². The molecular weight excluding hydrogens is 334 g/mol. The number of rotatable bonds is 5. The van der Waals surface area contributed by atoms with Crippen molar-refractivity contribution in [3.05, 3.63) is 29.8 Å². The average molecular weight is 357 g/mol. The summed E-state index contributed by atoms with van der Waals surface area (Å²) in [4.78, 5) is 12.1. The number of alkyl carbamates (subject to hydrolysis) is 1. The van der Waals surface area contributed by atoms with Gasteiger partial charge in [0.25, 0.3) is 0 Å². The van der Waals surface area contributed by atoms with E-state index in [4.69, 9.17) is 4.74 Å². The van der Waals surface area contributed by atoms with E-state index in [-0.39, 0.29) is 0 Å². The predicted octanol–water partition coefficient (Wildman–Crippen LogP) is 3.47. The Morgan fingerprint density at radius 3 is 2.30 bits per heavy atom. The highest BCUT2D eigenvalue weighted by Crippen LogP contribution is 2.41. The van der Waals surface area contributed by atoms with Gasteiger partial charge in [0.1, 0.15) is 5.60 Å². The van der Waals surface area contributed by atoms with E-state index >= 15 is 0 Å². The summed E-state index contributed by atoms with van der Waals surface area (Å²) in [7, 11) is -2.55. The van der Waals surface area contributed by atoms with E-state index in [0.29, 0.717) is 10.6 Å². The van der Waals surface area contributed by atoms with Crippen molar-refractivity contribution < 1.29 is 17.9 Å². The summed E-state index contributed by atoms with van der Waals surface area (Å²) in [5.41, 5.74) is -0.0225. The zero-order chi connectivity index (χ0) is 17.3. The Balaban J connectivity index is 1.94. The topological polar surface area (TPSA) is 72.5 Å². The Hall–Kier alpha value is -1.21. The Bertz CT molecular complexity index is 671. The molecule has 1 aliphatic carbocycles. The van der Waals surface area contributed by atoms with Gasteiger partial charge in [-0.2, -0.15) is 0 Å². The number of aryl methyl sites for hydroxylation is 1. The quantitative estimate of drug-likeness (QED) is 0.817. The third kappa shape index (κ3) is 5.42. The second-order valence-corrected chi connectivity index (χ2v) is 10.9. The van der Waals surface area contributed by atoms with Gasteiger partial charge >= 0.3 is 6.09 Å². The maximum atomic E-state index is 12.4. The summed E-state index contributed by atoms with van der Waals surface area (Å²) in [5.74, 6) is 0.322. The summed E-state index contributed by atoms with van der Waals surface area (Å²) in [6, 6.07) is 6.77. The number of hydrogen-bond donors (Lipinski definition) is 1. The van der Waals surface area contributed by atoms with Crippen LogP contribution in [0.15, 0.2) is 29.2 Å². The minimum atomic E-state index is -3.42. The predicted molar refractivity (Wildman–Crippen MR) is 92.2 cm³/mol. The van der Waals surface area contributed by atoms with Gasteiger partial charge in [-0.15, -0.1) is 0 Å². The molecule has 1 aromatic rings. The number of carbonyl (C=O) groups is 1. The lowest BCUT2D eigenvalue weighted by Crippen LogP contribution is -2.42. The summed E-state index contributed by atoms with van der Waals surface area (Å²) in [6.07, 6.45) is 1.04.